The van der Waals surface area contributed by atoms with Crippen molar-refractivity contribution in [3.8, 4) is 0 Å². The third-order valence-corrected chi connectivity index (χ3v) is 6.95. The van der Waals surface area contributed by atoms with Gasteiger partial charge >= 0.3 is 12.2 Å². The van der Waals surface area contributed by atoms with Crippen molar-refractivity contribution in [1.29, 1.82) is 0 Å². The first-order valence-electron chi connectivity index (χ1n) is 14.6. The van der Waals surface area contributed by atoms with Gasteiger partial charge in [-0.15, -0.1) is 0 Å². The predicted molar refractivity (Wildman–Crippen MR) is 161 cm³/mol. The molecule has 15 heteroatoms. The summed E-state index contributed by atoms with van der Waals surface area (Å²) in [5.74, 6) is 0.393. The normalized spacial score (nSPS) is 19.4. The second kappa shape index (κ2) is 12.9. The summed E-state index contributed by atoms with van der Waals surface area (Å²) in [6.07, 6.45) is -0.749. The van der Waals surface area contributed by atoms with Crippen LogP contribution in [0.2, 0.25) is 0 Å². The number of ether oxygens (including phenoxy) is 4. The molecule has 0 unspecified atom stereocenters. The molecule has 2 amide bonds. The number of nitrogen functional groups attached to an aromatic ring is 1. The number of nitrogens with zero attached hydrogens (tertiary/aromatic N) is 5. The van der Waals surface area contributed by atoms with Crippen LogP contribution in [-0.4, -0.2) is 97.5 Å². The number of carbonyl (C=O) groups excluding carboxylic acids is 2. The molecule has 5 heterocycles. The van der Waals surface area contributed by atoms with E-state index in [4.69, 9.17) is 24.7 Å². The number of nitrogens with two attached hydrogens (primary N) is 1. The number of carbonyl (C=O) groups is 2. The fourth-order valence-corrected chi connectivity index (χ4v) is 4.73. The maximum Gasteiger partial charge on any atom is 0.411 e. The molecule has 2 aliphatic heterocycles. The van der Waals surface area contributed by atoms with Gasteiger partial charge in [0.25, 0.3) is 5.56 Å². The van der Waals surface area contributed by atoms with Crippen LogP contribution in [0.5, 0.6) is 0 Å². The predicted octanol–water partition coefficient (Wildman–Crippen LogP) is 3.25. The Bertz CT molecular complexity index is 1530. The molecule has 0 saturated carbocycles. The Balaban J connectivity index is 0.000000209. The summed E-state index contributed by atoms with van der Waals surface area (Å²) in [5, 5.41) is 9.76. The maximum atomic E-state index is 12.5. The summed E-state index contributed by atoms with van der Waals surface area (Å²) in [5.41, 5.74) is 7.61. The summed E-state index contributed by atoms with van der Waals surface area (Å²) < 4.78 is 23.3. The van der Waals surface area contributed by atoms with Crippen LogP contribution >= 0.6 is 0 Å². The van der Waals surface area contributed by atoms with Gasteiger partial charge in [0.1, 0.15) is 29.1 Å². The van der Waals surface area contributed by atoms with Crippen molar-refractivity contribution in [2.45, 2.75) is 78.7 Å². The molecule has 2 saturated heterocycles. The third-order valence-electron chi connectivity index (χ3n) is 6.95. The van der Waals surface area contributed by atoms with E-state index in [0.717, 1.165) is 5.69 Å². The van der Waals surface area contributed by atoms with E-state index < -0.39 is 17.3 Å². The maximum absolute atomic E-state index is 12.5. The minimum Gasteiger partial charge on any atom is -0.444 e. The van der Waals surface area contributed by atoms with Gasteiger partial charge in [-0.3, -0.25) is 24.8 Å². The minimum atomic E-state index is -0.576. The molecule has 44 heavy (non-hydrogen) atoms. The Hall–Kier alpha value is -4.11. The molecule has 242 valence electrons. The Morgan fingerprint density at radius 3 is 1.91 bits per heavy atom. The lowest BCUT2D eigenvalue weighted by Gasteiger charge is -2.35. The van der Waals surface area contributed by atoms with Crippen LogP contribution in [0, 0.1) is 13.8 Å². The second-order valence-electron chi connectivity index (χ2n) is 12.8. The molecule has 3 aromatic rings. The molecule has 2 atom stereocenters. The number of nitrogens with one attached hydrogen (secondary N) is 2. The van der Waals surface area contributed by atoms with E-state index in [1.54, 1.807) is 35.8 Å². The van der Waals surface area contributed by atoms with Crippen molar-refractivity contribution < 1.29 is 28.5 Å². The van der Waals surface area contributed by atoms with Crippen LogP contribution in [0.3, 0.4) is 0 Å². The molecule has 0 bridgehead atoms. The van der Waals surface area contributed by atoms with Crippen LogP contribution in [0.1, 0.15) is 76.3 Å². The Kier molecular flexibility index (Phi) is 9.59. The van der Waals surface area contributed by atoms with Crippen LogP contribution in [0.25, 0.3) is 5.65 Å². The molecule has 2 aliphatic rings. The number of morpholine rings is 2. The summed E-state index contributed by atoms with van der Waals surface area (Å²) in [6.45, 7) is 17.2. The van der Waals surface area contributed by atoms with Crippen molar-refractivity contribution in [3.63, 3.8) is 0 Å². The summed E-state index contributed by atoms with van der Waals surface area (Å²) >= 11 is 0. The first-order chi connectivity index (χ1) is 20.5. The molecule has 0 radical (unpaired) electrons. The van der Waals surface area contributed by atoms with Gasteiger partial charge in [0.2, 0.25) is 0 Å². The van der Waals surface area contributed by atoms with Gasteiger partial charge in [0.15, 0.2) is 5.65 Å². The Labute approximate surface area is 256 Å². The molecular weight excluding hydrogens is 572 g/mol. The zero-order chi connectivity index (χ0) is 32.4. The summed E-state index contributed by atoms with van der Waals surface area (Å²) in [4.78, 5) is 44.8. The number of hydrogen-bond acceptors (Lipinski definition) is 10. The largest absolute Gasteiger partial charge is 0.444 e. The zero-order valence-corrected chi connectivity index (χ0v) is 26.7. The van der Waals surface area contributed by atoms with E-state index >= 15 is 0 Å². The van der Waals surface area contributed by atoms with Gasteiger partial charge in [-0.25, -0.2) is 19.1 Å². The smallest absolute Gasteiger partial charge is 0.411 e. The number of rotatable bonds is 2. The fraction of sp³-hybridized carbons (Fsp3) is 0.621. The van der Waals surface area contributed by atoms with Crippen molar-refractivity contribution in [2.75, 3.05) is 45.3 Å². The van der Waals surface area contributed by atoms with E-state index in [0.29, 0.717) is 67.9 Å². The second-order valence-corrected chi connectivity index (χ2v) is 12.8. The highest BCUT2D eigenvalue weighted by molar-refractivity contribution is 5.69. The van der Waals surface area contributed by atoms with Crippen LogP contribution in [0.15, 0.2) is 16.9 Å². The molecule has 0 aromatic carbocycles. The fourth-order valence-electron chi connectivity index (χ4n) is 4.73. The van der Waals surface area contributed by atoms with Gasteiger partial charge in [0, 0.05) is 36.5 Å². The monoisotopic (exact) mass is 616 g/mol. The van der Waals surface area contributed by atoms with Gasteiger partial charge < -0.3 is 24.7 Å². The van der Waals surface area contributed by atoms with Crippen molar-refractivity contribution in [1.82, 2.24) is 34.6 Å². The standard InChI is InChI=1S/C17H24N4O4.C12H20N4O3/c1-10-11(2)18-14-8-12(19-21(14)15(10)22)13-9-24-7-6-20(13)16(23)25-17(3,4)5;1-12(2,3)19-11(17)16-4-5-18-7-9(16)8-6-10(13)15-14-8/h8,13,19H,6-7,9H2,1-5H3;6,9H,4-5,7H2,1-3H3,(H3,13,14,15)/t13-;9-/m00/s1. The quantitative estimate of drug-likeness (QED) is 0.386. The molecule has 5 rings (SSSR count). The number of hydrogen-bond donors (Lipinski definition) is 3. The van der Waals surface area contributed by atoms with Crippen LogP contribution in [-0.2, 0) is 18.9 Å². The first kappa shape index (κ1) is 32.8. The Morgan fingerprint density at radius 2 is 1.43 bits per heavy atom. The van der Waals surface area contributed by atoms with Gasteiger partial charge in [0.05, 0.1) is 37.8 Å². The van der Waals surface area contributed by atoms with Gasteiger partial charge in [-0.2, -0.15) is 5.10 Å². The van der Waals surface area contributed by atoms with Crippen molar-refractivity contribution in [2.24, 2.45) is 0 Å². The lowest BCUT2D eigenvalue weighted by Crippen LogP contribution is -2.45. The molecule has 3 aromatic heterocycles. The number of amides is 2. The SMILES string of the molecule is CC(C)(C)OC(=O)N1CCOC[C@H]1c1cc(N)n[nH]1.Cc1nc2cc([C@@H]3COCCN3C(=O)OC(C)(C)C)[nH]n2c(=O)c1C. The average molecular weight is 617 g/mol. The molecule has 2 fully saturated rings. The first-order valence-corrected chi connectivity index (χ1v) is 14.6. The Morgan fingerprint density at radius 1 is 0.909 bits per heavy atom. The van der Waals surface area contributed by atoms with Gasteiger partial charge in [-0.05, 0) is 55.4 Å². The van der Waals surface area contributed by atoms with E-state index in [-0.39, 0.29) is 23.7 Å². The number of fused-ring (bicyclic) bond motifs is 1. The number of H-pyrrole nitrogens is 2. The van der Waals surface area contributed by atoms with Crippen LogP contribution < -0.4 is 11.3 Å². The zero-order valence-electron chi connectivity index (χ0n) is 26.7. The van der Waals surface area contributed by atoms with E-state index in [1.165, 1.54) is 4.52 Å². The highest BCUT2D eigenvalue weighted by atomic mass is 16.6. The summed E-state index contributed by atoms with van der Waals surface area (Å²) in [7, 11) is 0. The molecule has 4 N–H and O–H groups in total. The van der Waals surface area contributed by atoms with E-state index in [2.05, 4.69) is 20.3 Å². The number of aromatic amines is 2. The van der Waals surface area contributed by atoms with Crippen LogP contribution in [0.4, 0.5) is 15.4 Å². The highest BCUT2D eigenvalue weighted by Crippen LogP contribution is 2.27. The minimum absolute atomic E-state index is 0.144. The lowest BCUT2D eigenvalue weighted by atomic mass is 10.1. The highest BCUT2D eigenvalue weighted by Gasteiger charge is 2.34. The van der Waals surface area contributed by atoms with Crippen molar-refractivity contribution in [3.05, 3.63) is 45.1 Å². The molecular formula is C29H44N8O7. The molecule has 15 nitrogen and oxygen atoms in total. The number of aromatic nitrogens is 5. The average Bonchev–Trinajstić information content (AvgIpc) is 3.57. The van der Waals surface area contributed by atoms with E-state index in [1.807, 2.05) is 41.5 Å². The number of anilines is 1. The molecule has 0 aliphatic carbocycles. The number of aryl methyl sites for hydroxylation is 1. The van der Waals surface area contributed by atoms with E-state index in [9.17, 15) is 14.4 Å². The summed E-state index contributed by atoms with van der Waals surface area (Å²) in [6, 6.07) is 2.89. The lowest BCUT2D eigenvalue weighted by molar-refractivity contribution is -0.0344. The van der Waals surface area contributed by atoms with Crippen molar-refractivity contribution >= 4 is 23.7 Å². The molecule has 0 spiro atoms. The van der Waals surface area contributed by atoms with Gasteiger partial charge in [-0.1, -0.05) is 0 Å². The topological polar surface area (TPSA) is 182 Å². The third kappa shape index (κ3) is 7.88.